The molecule has 0 aliphatic heterocycles. The zero-order valence-electron chi connectivity index (χ0n) is 10.8. The first-order chi connectivity index (χ1) is 9.75. The van der Waals surface area contributed by atoms with Crippen LogP contribution in [0.3, 0.4) is 0 Å². The Bertz CT molecular complexity index is 774. The molecular weight excluding hydrogens is 427 g/mol. The lowest BCUT2D eigenvalue weighted by atomic mass is 10.3. The highest BCUT2D eigenvalue weighted by atomic mass is 79.9. The monoisotopic (exact) mass is 436 g/mol. The lowest BCUT2D eigenvalue weighted by Crippen LogP contribution is -2.28. The van der Waals surface area contributed by atoms with E-state index in [1.807, 2.05) is 0 Å². The van der Waals surface area contributed by atoms with E-state index in [0.717, 1.165) is 4.31 Å². The summed E-state index contributed by atoms with van der Waals surface area (Å²) in [4.78, 5) is -0.101. The average molecular weight is 438 g/mol. The zero-order valence-corrected chi connectivity index (χ0v) is 14.8. The molecule has 2 aromatic carbocycles. The van der Waals surface area contributed by atoms with Crippen molar-refractivity contribution < 1.29 is 12.8 Å². The smallest absolute Gasteiger partial charge is 0.267 e. The lowest BCUT2D eigenvalue weighted by molar-refractivity contribution is 0.589. The van der Waals surface area contributed by atoms with Crippen LogP contribution in [0.2, 0.25) is 0 Å². The van der Waals surface area contributed by atoms with Gasteiger partial charge in [0.15, 0.2) is 0 Å². The summed E-state index contributed by atoms with van der Waals surface area (Å²) in [6.45, 7) is 0. The van der Waals surface area contributed by atoms with Gasteiger partial charge in [0, 0.05) is 16.0 Å². The Kier molecular flexibility index (Phi) is 4.60. The number of benzene rings is 2. The van der Waals surface area contributed by atoms with Gasteiger partial charge in [-0.15, -0.1) is 0 Å². The number of rotatable bonds is 3. The van der Waals surface area contributed by atoms with Crippen LogP contribution < -0.4 is 10.0 Å². The fourth-order valence-corrected chi connectivity index (χ4v) is 5.04. The number of nitrogens with zero attached hydrogens (tertiary/aromatic N) is 1. The second kappa shape index (κ2) is 5.94. The van der Waals surface area contributed by atoms with Crippen molar-refractivity contribution in [2.45, 2.75) is 4.90 Å². The molecule has 0 saturated carbocycles. The second-order valence-corrected chi connectivity index (χ2v) is 7.91. The summed E-state index contributed by atoms with van der Waals surface area (Å²) in [5.74, 6) is -0.629. The van der Waals surface area contributed by atoms with Crippen molar-refractivity contribution >= 4 is 53.3 Å². The summed E-state index contributed by atoms with van der Waals surface area (Å²) in [6.07, 6.45) is 0. The van der Waals surface area contributed by atoms with E-state index in [2.05, 4.69) is 31.9 Å². The molecule has 0 fully saturated rings. The fourth-order valence-electron chi connectivity index (χ4n) is 1.83. The molecule has 0 amide bonds. The van der Waals surface area contributed by atoms with E-state index in [1.54, 1.807) is 12.1 Å². The van der Waals surface area contributed by atoms with Gasteiger partial charge in [0.2, 0.25) is 0 Å². The Morgan fingerprint density at radius 3 is 2.38 bits per heavy atom. The standard InChI is InChI=1S/C13H11Br2FN2O2S/c1-18(12-5-3-2-4-10(12)16)21(19,20)13-9(15)6-8(14)7-11(13)17/h2-7H,17H2,1H3. The molecule has 0 saturated heterocycles. The molecule has 0 aliphatic carbocycles. The number of anilines is 2. The molecule has 2 rings (SSSR count). The van der Waals surface area contributed by atoms with E-state index in [4.69, 9.17) is 5.73 Å². The van der Waals surface area contributed by atoms with Crippen molar-refractivity contribution in [1.82, 2.24) is 0 Å². The van der Waals surface area contributed by atoms with Crippen LogP contribution in [-0.2, 0) is 10.0 Å². The Balaban J connectivity index is 2.61. The van der Waals surface area contributed by atoms with Crippen molar-refractivity contribution in [3.63, 3.8) is 0 Å². The number of para-hydroxylation sites is 1. The normalized spacial score (nSPS) is 11.4. The van der Waals surface area contributed by atoms with Crippen molar-refractivity contribution in [2.24, 2.45) is 0 Å². The average Bonchev–Trinajstić information content (AvgIpc) is 2.36. The highest BCUT2D eigenvalue weighted by Crippen LogP contribution is 2.35. The predicted molar refractivity (Wildman–Crippen MR) is 88.2 cm³/mol. The topological polar surface area (TPSA) is 63.4 Å². The van der Waals surface area contributed by atoms with Gasteiger partial charge in [-0.2, -0.15) is 0 Å². The molecule has 112 valence electrons. The molecule has 0 aromatic heterocycles. The van der Waals surface area contributed by atoms with Crippen LogP contribution in [-0.4, -0.2) is 15.5 Å². The Hall–Kier alpha value is -1.12. The van der Waals surface area contributed by atoms with Crippen molar-refractivity contribution in [1.29, 1.82) is 0 Å². The quantitative estimate of drug-likeness (QED) is 0.743. The van der Waals surface area contributed by atoms with Crippen LogP contribution in [0, 0.1) is 5.82 Å². The largest absolute Gasteiger partial charge is 0.398 e. The first kappa shape index (κ1) is 16.3. The molecule has 0 radical (unpaired) electrons. The van der Waals surface area contributed by atoms with Crippen molar-refractivity contribution in [3.8, 4) is 0 Å². The fraction of sp³-hybridized carbons (Fsp3) is 0.0769. The number of hydrogen-bond acceptors (Lipinski definition) is 3. The highest BCUT2D eigenvalue weighted by molar-refractivity contribution is 9.11. The molecule has 0 atom stereocenters. The van der Waals surface area contributed by atoms with E-state index in [1.165, 1.54) is 31.3 Å². The van der Waals surface area contributed by atoms with E-state index >= 15 is 0 Å². The Morgan fingerprint density at radius 2 is 1.81 bits per heavy atom. The van der Waals surface area contributed by atoms with E-state index in [0.29, 0.717) is 8.95 Å². The summed E-state index contributed by atoms with van der Waals surface area (Å²) in [7, 11) is -2.71. The van der Waals surface area contributed by atoms with E-state index < -0.39 is 15.8 Å². The first-order valence-corrected chi connectivity index (χ1v) is 8.75. The van der Waals surface area contributed by atoms with Gasteiger partial charge in [-0.25, -0.2) is 12.8 Å². The molecule has 0 unspecified atom stereocenters. The van der Waals surface area contributed by atoms with Gasteiger partial charge in [0.05, 0.1) is 11.4 Å². The molecule has 4 nitrogen and oxygen atoms in total. The first-order valence-electron chi connectivity index (χ1n) is 5.73. The summed E-state index contributed by atoms with van der Waals surface area (Å²) < 4.78 is 40.9. The SMILES string of the molecule is CN(c1ccccc1F)S(=O)(=O)c1c(N)cc(Br)cc1Br. The maximum absolute atomic E-state index is 13.8. The van der Waals surface area contributed by atoms with Crippen LogP contribution in [0.4, 0.5) is 15.8 Å². The Morgan fingerprint density at radius 1 is 1.19 bits per heavy atom. The maximum atomic E-state index is 13.8. The highest BCUT2D eigenvalue weighted by Gasteiger charge is 2.28. The summed E-state index contributed by atoms with van der Waals surface area (Å²) >= 11 is 6.41. The van der Waals surface area contributed by atoms with E-state index in [-0.39, 0.29) is 16.3 Å². The molecule has 0 spiro atoms. The summed E-state index contributed by atoms with van der Waals surface area (Å²) in [6, 6.07) is 8.68. The minimum absolute atomic E-state index is 0.0493. The second-order valence-electron chi connectivity index (χ2n) is 4.23. The number of halogens is 3. The molecule has 8 heteroatoms. The van der Waals surface area contributed by atoms with Gasteiger partial charge >= 0.3 is 0 Å². The third kappa shape index (κ3) is 3.07. The minimum Gasteiger partial charge on any atom is -0.398 e. The molecule has 2 N–H and O–H groups in total. The molecule has 21 heavy (non-hydrogen) atoms. The zero-order chi connectivity index (χ0) is 15.8. The molecule has 0 heterocycles. The Labute approximate surface area is 139 Å². The van der Waals surface area contributed by atoms with Gasteiger partial charge in [-0.3, -0.25) is 4.31 Å². The predicted octanol–water partition coefficient (Wildman–Crippen LogP) is 3.76. The maximum Gasteiger partial charge on any atom is 0.267 e. The lowest BCUT2D eigenvalue weighted by Gasteiger charge is -2.21. The third-order valence-corrected chi connectivity index (χ3v) is 6.08. The van der Waals surface area contributed by atoms with Crippen molar-refractivity contribution in [3.05, 3.63) is 51.2 Å². The van der Waals surface area contributed by atoms with Crippen LogP contribution >= 0.6 is 31.9 Å². The number of nitrogen functional groups attached to an aromatic ring is 1. The van der Waals surface area contributed by atoms with Crippen LogP contribution in [0.25, 0.3) is 0 Å². The number of nitrogens with two attached hydrogens (primary N) is 1. The van der Waals surface area contributed by atoms with Gasteiger partial charge in [0.1, 0.15) is 10.7 Å². The van der Waals surface area contributed by atoms with Gasteiger partial charge in [0.25, 0.3) is 10.0 Å². The van der Waals surface area contributed by atoms with E-state index in [9.17, 15) is 12.8 Å². The van der Waals surface area contributed by atoms with Crippen LogP contribution in [0.1, 0.15) is 0 Å². The van der Waals surface area contributed by atoms with Crippen LogP contribution in [0.15, 0.2) is 50.2 Å². The third-order valence-electron chi connectivity index (χ3n) is 2.85. The molecular formula is C13H11Br2FN2O2S. The molecule has 0 bridgehead atoms. The van der Waals surface area contributed by atoms with Gasteiger partial charge in [-0.05, 0) is 40.2 Å². The minimum atomic E-state index is -3.99. The number of sulfonamides is 1. The summed E-state index contributed by atoms with van der Waals surface area (Å²) in [5.41, 5.74) is 5.82. The van der Waals surface area contributed by atoms with Gasteiger partial charge in [-0.1, -0.05) is 28.1 Å². The summed E-state index contributed by atoms with van der Waals surface area (Å²) in [5, 5.41) is 0. The van der Waals surface area contributed by atoms with Crippen molar-refractivity contribution in [2.75, 3.05) is 17.1 Å². The van der Waals surface area contributed by atoms with Gasteiger partial charge < -0.3 is 5.73 Å². The number of hydrogen-bond donors (Lipinski definition) is 1. The molecule has 0 aliphatic rings. The van der Waals surface area contributed by atoms with Crippen LogP contribution in [0.5, 0.6) is 0 Å². The molecule has 2 aromatic rings.